The zero-order valence-corrected chi connectivity index (χ0v) is 11.8. The Hall–Kier alpha value is -1.88. The summed E-state index contributed by atoms with van der Waals surface area (Å²) < 4.78 is 1.99. The Labute approximate surface area is 117 Å². The van der Waals surface area contributed by atoms with Gasteiger partial charge in [0.25, 0.3) is 0 Å². The summed E-state index contributed by atoms with van der Waals surface area (Å²) in [5, 5.41) is 18.1. The number of fused-ring (bicyclic) bond motifs is 1. The second kappa shape index (κ2) is 5.63. The minimum absolute atomic E-state index is 0.0234. The number of carbonyl (C=O) groups is 1. The van der Waals surface area contributed by atoms with E-state index in [1.165, 1.54) is 0 Å². The van der Waals surface area contributed by atoms with Crippen LogP contribution in [0.15, 0.2) is 24.5 Å². The van der Waals surface area contributed by atoms with Gasteiger partial charge in [-0.15, -0.1) is 0 Å². The van der Waals surface area contributed by atoms with Crippen molar-refractivity contribution in [3.63, 3.8) is 0 Å². The van der Waals surface area contributed by atoms with E-state index in [0.717, 1.165) is 24.9 Å². The molecule has 2 rings (SSSR count). The van der Waals surface area contributed by atoms with E-state index in [4.69, 9.17) is 10.2 Å². The first-order chi connectivity index (χ1) is 9.44. The normalized spacial score (nSPS) is 11.9. The summed E-state index contributed by atoms with van der Waals surface area (Å²) in [5.41, 5.74) is 1.62. The van der Waals surface area contributed by atoms with Crippen LogP contribution in [0.3, 0.4) is 0 Å². The number of aliphatic hydroxyl groups excluding tert-OH is 1. The predicted molar refractivity (Wildman–Crippen MR) is 76.8 cm³/mol. The molecule has 5 heteroatoms. The van der Waals surface area contributed by atoms with Crippen LogP contribution in [0.5, 0.6) is 0 Å². The molecule has 1 heterocycles. The summed E-state index contributed by atoms with van der Waals surface area (Å²) in [5.74, 6) is -0.958. The number of hydrogen-bond donors (Lipinski definition) is 2. The third kappa shape index (κ3) is 2.99. The second-order valence-corrected chi connectivity index (χ2v) is 5.84. The minimum atomic E-state index is -0.958. The van der Waals surface area contributed by atoms with Gasteiger partial charge in [0.2, 0.25) is 0 Å². The molecule has 0 saturated carbocycles. The van der Waals surface area contributed by atoms with E-state index in [2.05, 4.69) is 18.8 Å². The molecule has 5 nitrogen and oxygen atoms in total. The largest absolute Gasteiger partial charge is 0.478 e. The first kappa shape index (κ1) is 14.5. The molecular formula is C15H20N2O3. The standard InChI is InChI=1S/C15H20N2O3/c1-15(2,7-4-8-18)9-17-10-16-13-11(14(19)20)5-3-6-12(13)17/h3,5-6,10,18H,4,7-9H2,1-2H3,(H,19,20). The highest BCUT2D eigenvalue weighted by Gasteiger charge is 2.20. The van der Waals surface area contributed by atoms with Crippen LogP contribution in [0.4, 0.5) is 0 Å². The Morgan fingerprint density at radius 2 is 2.15 bits per heavy atom. The molecule has 0 amide bonds. The molecule has 0 aliphatic heterocycles. The zero-order valence-electron chi connectivity index (χ0n) is 11.8. The molecule has 20 heavy (non-hydrogen) atoms. The van der Waals surface area contributed by atoms with Crippen LogP contribution in [-0.2, 0) is 6.54 Å². The molecule has 0 unspecified atom stereocenters. The average molecular weight is 276 g/mol. The first-order valence-electron chi connectivity index (χ1n) is 6.72. The number of carboxylic acid groups (broad SMARTS) is 1. The van der Waals surface area contributed by atoms with Crippen molar-refractivity contribution in [2.75, 3.05) is 6.61 Å². The van der Waals surface area contributed by atoms with Gasteiger partial charge >= 0.3 is 5.97 Å². The van der Waals surface area contributed by atoms with E-state index >= 15 is 0 Å². The minimum Gasteiger partial charge on any atom is -0.478 e. The maximum Gasteiger partial charge on any atom is 0.337 e. The number of aromatic carboxylic acids is 1. The molecule has 1 aromatic heterocycles. The number of aromatic nitrogens is 2. The number of para-hydroxylation sites is 1. The Morgan fingerprint density at radius 3 is 2.80 bits per heavy atom. The van der Waals surface area contributed by atoms with Crippen molar-refractivity contribution in [2.24, 2.45) is 5.41 Å². The smallest absolute Gasteiger partial charge is 0.337 e. The summed E-state index contributed by atoms with van der Waals surface area (Å²) in [6.07, 6.45) is 3.36. The molecule has 108 valence electrons. The second-order valence-electron chi connectivity index (χ2n) is 5.84. The van der Waals surface area contributed by atoms with Crippen molar-refractivity contribution in [2.45, 2.75) is 33.2 Å². The fourth-order valence-corrected chi connectivity index (χ4v) is 2.48. The first-order valence-corrected chi connectivity index (χ1v) is 6.72. The monoisotopic (exact) mass is 276 g/mol. The van der Waals surface area contributed by atoms with E-state index in [9.17, 15) is 4.79 Å². The number of aliphatic hydroxyl groups is 1. The highest BCUT2D eigenvalue weighted by atomic mass is 16.4. The van der Waals surface area contributed by atoms with E-state index in [-0.39, 0.29) is 17.6 Å². The van der Waals surface area contributed by atoms with Gasteiger partial charge in [0.05, 0.1) is 17.4 Å². The van der Waals surface area contributed by atoms with Gasteiger partial charge in [-0.05, 0) is 30.4 Å². The number of imidazole rings is 1. The van der Waals surface area contributed by atoms with Gasteiger partial charge in [-0.25, -0.2) is 9.78 Å². The lowest BCUT2D eigenvalue weighted by atomic mass is 9.88. The van der Waals surface area contributed by atoms with Crippen molar-refractivity contribution in [1.29, 1.82) is 0 Å². The Bertz CT molecular complexity index is 617. The van der Waals surface area contributed by atoms with E-state index in [1.54, 1.807) is 18.5 Å². The maximum atomic E-state index is 11.2. The van der Waals surface area contributed by atoms with Crippen LogP contribution < -0.4 is 0 Å². The third-order valence-corrected chi connectivity index (χ3v) is 3.49. The molecule has 0 radical (unpaired) electrons. The molecule has 2 N–H and O–H groups in total. The van der Waals surface area contributed by atoms with Gasteiger partial charge in [-0.1, -0.05) is 19.9 Å². The molecule has 1 aromatic carbocycles. The van der Waals surface area contributed by atoms with Crippen LogP contribution in [-0.4, -0.2) is 32.3 Å². The molecular weight excluding hydrogens is 256 g/mol. The highest BCUT2D eigenvalue weighted by Crippen LogP contribution is 2.27. The van der Waals surface area contributed by atoms with Gasteiger partial charge in [-0.3, -0.25) is 0 Å². The lowest BCUT2D eigenvalue weighted by Gasteiger charge is -2.25. The van der Waals surface area contributed by atoms with Crippen LogP contribution in [0.2, 0.25) is 0 Å². The molecule has 0 saturated heterocycles. The predicted octanol–water partition coefficient (Wildman–Crippen LogP) is 2.53. The fourth-order valence-electron chi connectivity index (χ4n) is 2.48. The van der Waals surface area contributed by atoms with Gasteiger partial charge in [-0.2, -0.15) is 0 Å². The molecule has 0 aliphatic rings. The molecule has 2 aromatic rings. The average Bonchev–Trinajstić information content (AvgIpc) is 2.79. The SMILES string of the molecule is CC(C)(CCCO)Cn1cnc2c(C(=O)O)cccc21. The number of benzene rings is 1. The van der Waals surface area contributed by atoms with E-state index in [1.807, 2.05) is 10.6 Å². The lowest BCUT2D eigenvalue weighted by molar-refractivity contribution is 0.0699. The number of carboxylic acids is 1. The van der Waals surface area contributed by atoms with Crippen LogP contribution >= 0.6 is 0 Å². The molecule has 0 bridgehead atoms. The quantitative estimate of drug-likeness (QED) is 0.850. The zero-order chi connectivity index (χ0) is 14.8. The molecule has 0 atom stereocenters. The summed E-state index contributed by atoms with van der Waals surface area (Å²) in [6.45, 7) is 5.20. The molecule has 0 aliphatic carbocycles. The van der Waals surface area contributed by atoms with Crippen molar-refractivity contribution in [1.82, 2.24) is 9.55 Å². The topological polar surface area (TPSA) is 75.3 Å². The van der Waals surface area contributed by atoms with Gasteiger partial charge in [0, 0.05) is 13.2 Å². The van der Waals surface area contributed by atoms with Crippen LogP contribution in [0, 0.1) is 5.41 Å². The molecule has 0 spiro atoms. The summed E-state index contributed by atoms with van der Waals surface area (Å²) >= 11 is 0. The van der Waals surface area contributed by atoms with Crippen molar-refractivity contribution < 1.29 is 15.0 Å². The van der Waals surface area contributed by atoms with E-state index < -0.39 is 5.97 Å². The lowest BCUT2D eigenvalue weighted by Crippen LogP contribution is -2.19. The van der Waals surface area contributed by atoms with Crippen molar-refractivity contribution in [3.05, 3.63) is 30.1 Å². The summed E-state index contributed by atoms with van der Waals surface area (Å²) in [6, 6.07) is 5.19. The third-order valence-electron chi connectivity index (χ3n) is 3.49. The summed E-state index contributed by atoms with van der Waals surface area (Å²) in [7, 11) is 0. The van der Waals surface area contributed by atoms with Crippen LogP contribution in [0.25, 0.3) is 11.0 Å². The van der Waals surface area contributed by atoms with Gasteiger partial charge < -0.3 is 14.8 Å². The fraction of sp³-hybridized carbons (Fsp3) is 0.467. The van der Waals surface area contributed by atoms with Gasteiger partial charge in [0.1, 0.15) is 5.52 Å². The van der Waals surface area contributed by atoms with E-state index in [0.29, 0.717) is 5.52 Å². The van der Waals surface area contributed by atoms with Crippen molar-refractivity contribution in [3.8, 4) is 0 Å². The summed E-state index contributed by atoms with van der Waals surface area (Å²) in [4.78, 5) is 15.4. The maximum absolute atomic E-state index is 11.2. The Morgan fingerprint density at radius 1 is 1.40 bits per heavy atom. The van der Waals surface area contributed by atoms with Crippen LogP contribution in [0.1, 0.15) is 37.0 Å². The number of rotatable bonds is 6. The Kier molecular flexibility index (Phi) is 4.09. The molecule has 0 fully saturated rings. The van der Waals surface area contributed by atoms with Gasteiger partial charge in [0.15, 0.2) is 0 Å². The van der Waals surface area contributed by atoms with Crippen molar-refractivity contribution >= 4 is 17.0 Å². The Balaban J connectivity index is 2.32. The highest BCUT2D eigenvalue weighted by molar-refractivity contribution is 6.00. The number of hydrogen-bond acceptors (Lipinski definition) is 3. The number of nitrogens with zero attached hydrogens (tertiary/aromatic N) is 2.